The van der Waals surface area contributed by atoms with Gasteiger partial charge in [-0.15, -0.1) is 0 Å². The van der Waals surface area contributed by atoms with Crippen molar-refractivity contribution in [1.82, 2.24) is 0 Å². The first-order valence-corrected chi connectivity index (χ1v) is 15.9. The molecule has 0 nitrogen and oxygen atoms in total. The van der Waals surface area contributed by atoms with Crippen LogP contribution in [0, 0.1) is 27.7 Å². The molecule has 0 amide bonds. The Bertz CT molecular complexity index is 1330. The Labute approximate surface area is 267 Å². The summed E-state index contributed by atoms with van der Waals surface area (Å²) in [6.07, 6.45) is 0. The summed E-state index contributed by atoms with van der Waals surface area (Å²) in [4.78, 5) is 0. The summed E-state index contributed by atoms with van der Waals surface area (Å²) in [7, 11) is 0. The summed E-state index contributed by atoms with van der Waals surface area (Å²) in [5.41, 5.74) is 18.1. The molecule has 6 heteroatoms. The fourth-order valence-electron chi connectivity index (χ4n) is 7.06. The van der Waals surface area contributed by atoms with Crippen LogP contribution in [0.25, 0.3) is 0 Å². The predicted molar refractivity (Wildman–Crippen MR) is 175 cm³/mol. The predicted octanol–water partition coefficient (Wildman–Crippen LogP) is 11.8. The van der Waals surface area contributed by atoms with Crippen molar-refractivity contribution in [2.45, 2.75) is 60.0 Å². The molecular formula is C34H30Cl6. The fraction of sp³-hybridized carbons (Fsp3) is 0.294. The second kappa shape index (κ2) is 12.1. The summed E-state index contributed by atoms with van der Waals surface area (Å²) >= 11 is 28.8. The van der Waals surface area contributed by atoms with E-state index in [9.17, 15) is 0 Å². The van der Waals surface area contributed by atoms with Gasteiger partial charge in [0.15, 0.2) is 8.59 Å². The minimum atomic E-state index is -0.750. The van der Waals surface area contributed by atoms with E-state index in [2.05, 4.69) is 100 Å². The van der Waals surface area contributed by atoms with Gasteiger partial charge < -0.3 is 0 Å². The highest BCUT2D eigenvalue weighted by Gasteiger charge is 2.49. The number of hydrogen-bond donors (Lipinski definition) is 0. The van der Waals surface area contributed by atoms with Crippen LogP contribution in [0.1, 0.15) is 90.4 Å². The van der Waals surface area contributed by atoms with Crippen LogP contribution in [0.15, 0.2) is 72.8 Å². The monoisotopic (exact) mass is 648 g/mol. The van der Waals surface area contributed by atoms with E-state index in [-0.39, 0.29) is 0 Å². The lowest BCUT2D eigenvalue weighted by molar-refractivity contribution is 0.528. The first kappa shape index (κ1) is 30.1. The van der Waals surface area contributed by atoms with E-state index in [4.69, 9.17) is 69.6 Å². The number of aryl methyl sites for hydroxylation is 4. The molecule has 4 atom stereocenters. The molecule has 0 saturated heterocycles. The Morgan fingerprint density at radius 3 is 0.725 bits per heavy atom. The van der Waals surface area contributed by atoms with Crippen LogP contribution in [-0.4, -0.2) is 8.59 Å². The number of rotatable bonds is 0. The first-order chi connectivity index (χ1) is 19.0. The molecule has 4 aromatic rings. The zero-order chi connectivity index (χ0) is 28.9. The van der Waals surface area contributed by atoms with Gasteiger partial charge in [0.05, 0.1) is 0 Å². The first-order valence-electron chi connectivity index (χ1n) is 13.2. The molecule has 0 heterocycles. The third-order valence-corrected chi connectivity index (χ3v) is 8.74. The molecule has 0 spiro atoms. The Balaban J connectivity index is 0.000000361. The van der Waals surface area contributed by atoms with Crippen LogP contribution >= 0.6 is 69.6 Å². The van der Waals surface area contributed by atoms with Gasteiger partial charge >= 0.3 is 0 Å². The third kappa shape index (κ3) is 5.42. The second-order valence-electron chi connectivity index (χ2n) is 10.8. The van der Waals surface area contributed by atoms with E-state index in [1.807, 2.05) is 0 Å². The lowest BCUT2D eigenvalue weighted by atomic mass is 9.52. The molecule has 0 aliphatic heterocycles. The average Bonchev–Trinajstić information content (AvgIpc) is 2.87. The summed E-state index contributed by atoms with van der Waals surface area (Å²) in [5.74, 6) is 1.44. The summed E-state index contributed by atoms with van der Waals surface area (Å²) < 4.78 is -1.50. The highest BCUT2D eigenvalue weighted by Crippen LogP contribution is 2.64. The molecule has 4 aromatic carbocycles. The smallest absolute Gasteiger partial charge is 0.0874 e. The molecule has 6 aliphatic rings. The van der Waals surface area contributed by atoms with Crippen LogP contribution in [0.5, 0.6) is 0 Å². The highest BCUT2D eigenvalue weighted by atomic mass is 35.6. The van der Waals surface area contributed by atoms with Crippen molar-refractivity contribution < 1.29 is 0 Å². The Morgan fingerprint density at radius 2 is 0.550 bits per heavy atom. The van der Waals surface area contributed by atoms with Crippen molar-refractivity contribution in [2.24, 2.45) is 0 Å². The van der Waals surface area contributed by atoms with Gasteiger partial charge in [-0.3, -0.25) is 0 Å². The third-order valence-electron chi connectivity index (χ3n) is 8.74. The van der Waals surface area contributed by atoms with Crippen LogP contribution in [-0.2, 0) is 0 Å². The Kier molecular flexibility index (Phi) is 9.09. The van der Waals surface area contributed by atoms with Crippen molar-refractivity contribution in [3.8, 4) is 0 Å². The maximum atomic E-state index is 4.81. The summed E-state index contributed by atoms with van der Waals surface area (Å²) in [6.45, 7) is 9.12. The average molecular weight is 651 g/mol. The van der Waals surface area contributed by atoms with Crippen molar-refractivity contribution in [1.29, 1.82) is 0 Å². The molecule has 10 rings (SSSR count). The van der Waals surface area contributed by atoms with Crippen molar-refractivity contribution in [2.75, 3.05) is 0 Å². The summed E-state index contributed by atoms with van der Waals surface area (Å²) in [5, 5.41) is 0. The topological polar surface area (TPSA) is 0 Å². The Hall–Kier alpha value is -1.38. The molecule has 0 N–H and O–H groups in total. The number of alkyl halides is 6. The van der Waals surface area contributed by atoms with Crippen LogP contribution in [0.4, 0.5) is 0 Å². The van der Waals surface area contributed by atoms with Gasteiger partial charge in [-0.25, -0.2) is 0 Å². The van der Waals surface area contributed by atoms with Gasteiger partial charge in [0, 0.05) is 23.7 Å². The molecule has 0 aromatic heterocycles. The zero-order valence-corrected chi connectivity index (χ0v) is 27.2. The van der Waals surface area contributed by atoms with E-state index in [1.165, 1.54) is 22.3 Å². The minimum Gasteiger partial charge on any atom is -0.0874 e. The maximum Gasteiger partial charge on any atom is 0.180 e. The van der Waals surface area contributed by atoms with Gasteiger partial charge in [-0.2, -0.15) is 0 Å². The van der Waals surface area contributed by atoms with Gasteiger partial charge in [0.2, 0.25) is 0 Å². The zero-order valence-electron chi connectivity index (χ0n) is 22.7. The maximum absolute atomic E-state index is 4.81. The standard InChI is InChI=1S/C32H28.2CHCl3/c1-17-13-25-26(14-18(17)2)30-22-10-6-5-9-21(22)29(25)31-23-11-7-8-12-24(23)32(30)28-16-20(4)19(3)15-27(28)31;2*2-1(3)4/h5-16,29-32H,1-4H3;2*1H/t29-,30+,31-,32+;;. The van der Waals surface area contributed by atoms with E-state index < -0.39 is 8.59 Å². The van der Waals surface area contributed by atoms with Crippen LogP contribution in [0.3, 0.4) is 0 Å². The normalized spacial score (nSPS) is 20.7. The van der Waals surface area contributed by atoms with E-state index in [0.29, 0.717) is 23.7 Å². The van der Waals surface area contributed by atoms with Crippen LogP contribution < -0.4 is 0 Å². The van der Waals surface area contributed by atoms with Gasteiger partial charge in [-0.1, -0.05) is 142 Å². The Morgan fingerprint density at radius 1 is 0.375 bits per heavy atom. The number of halogens is 6. The summed E-state index contributed by atoms with van der Waals surface area (Å²) in [6, 6.07) is 28.7. The molecule has 0 saturated carbocycles. The number of hydrogen-bond acceptors (Lipinski definition) is 0. The SMILES string of the molecule is Cc1cc2c(cc1C)[C@@H]1c3ccccc3[C@H]2[C@@H]2c3ccccc3[C@H]1c1cc(C)c(C)cc12.ClC(Cl)Cl.ClC(Cl)Cl. The van der Waals surface area contributed by atoms with Crippen molar-refractivity contribution >= 4 is 69.6 Å². The quantitative estimate of drug-likeness (QED) is 0.166. The minimum absolute atomic E-state index is 0.361. The largest absolute Gasteiger partial charge is 0.180 e. The molecule has 0 fully saturated rings. The molecule has 0 unspecified atom stereocenters. The van der Waals surface area contributed by atoms with Gasteiger partial charge in [-0.05, 0) is 94.5 Å². The van der Waals surface area contributed by atoms with E-state index in [0.717, 1.165) is 0 Å². The molecule has 40 heavy (non-hydrogen) atoms. The molecule has 0 radical (unpaired) electrons. The van der Waals surface area contributed by atoms with Crippen molar-refractivity contribution in [3.63, 3.8) is 0 Å². The van der Waals surface area contributed by atoms with Gasteiger partial charge in [0.1, 0.15) is 0 Å². The molecule has 4 bridgehead atoms. The van der Waals surface area contributed by atoms with Crippen molar-refractivity contribution in [3.05, 3.63) is 140 Å². The second-order valence-corrected chi connectivity index (χ2v) is 14.8. The molecule has 208 valence electrons. The van der Waals surface area contributed by atoms with E-state index >= 15 is 0 Å². The van der Waals surface area contributed by atoms with E-state index in [1.54, 1.807) is 44.5 Å². The highest BCUT2D eigenvalue weighted by molar-refractivity contribution is 6.63. The van der Waals surface area contributed by atoms with Crippen LogP contribution in [0.2, 0.25) is 0 Å². The van der Waals surface area contributed by atoms with Gasteiger partial charge in [0.25, 0.3) is 0 Å². The fourth-order valence-corrected chi connectivity index (χ4v) is 7.06. The lowest BCUT2D eigenvalue weighted by Gasteiger charge is -2.50. The molecular weight excluding hydrogens is 621 g/mol. The molecule has 6 aliphatic carbocycles. The number of benzene rings is 4. The lowest BCUT2D eigenvalue weighted by Crippen LogP contribution is -2.36.